The summed E-state index contributed by atoms with van der Waals surface area (Å²) >= 11 is 0. The molecule has 2 heterocycles. The molecule has 3 fully saturated rings. The Hall–Kier alpha value is -0.0800. The van der Waals surface area contributed by atoms with Crippen LogP contribution in [-0.4, -0.2) is 36.6 Å². The van der Waals surface area contributed by atoms with Crippen molar-refractivity contribution < 1.29 is 0 Å². The molecule has 3 rings (SSSR count). The third-order valence-corrected chi connectivity index (χ3v) is 5.00. The van der Waals surface area contributed by atoms with E-state index in [4.69, 9.17) is 0 Å². The monoisotopic (exact) mass is 222 g/mol. The van der Waals surface area contributed by atoms with E-state index in [9.17, 15) is 0 Å². The molecule has 16 heavy (non-hydrogen) atoms. The van der Waals surface area contributed by atoms with Crippen molar-refractivity contribution >= 4 is 0 Å². The Morgan fingerprint density at radius 2 is 1.69 bits per heavy atom. The summed E-state index contributed by atoms with van der Waals surface area (Å²) in [4.78, 5) is 2.73. The zero-order valence-electron chi connectivity index (χ0n) is 10.5. The minimum atomic E-state index is 0.820. The Bertz CT molecular complexity index is 223. The highest BCUT2D eigenvalue weighted by Gasteiger charge is 2.35. The molecule has 2 saturated heterocycles. The maximum absolute atomic E-state index is 3.88. The fraction of sp³-hybridized carbons (Fsp3) is 1.00. The van der Waals surface area contributed by atoms with E-state index in [2.05, 4.69) is 10.2 Å². The maximum Gasteiger partial charge on any atom is 0.0249 e. The fourth-order valence-electron chi connectivity index (χ4n) is 4.02. The third kappa shape index (κ3) is 2.28. The minimum Gasteiger partial charge on any atom is -0.312 e. The molecular formula is C14H26N2. The van der Waals surface area contributed by atoms with Gasteiger partial charge in [0.05, 0.1) is 0 Å². The molecule has 0 aromatic carbocycles. The molecule has 1 saturated carbocycles. The molecule has 2 unspecified atom stereocenters. The van der Waals surface area contributed by atoms with Gasteiger partial charge >= 0.3 is 0 Å². The lowest BCUT2D eigenvalue weighted by molar-refractivity contribution is 0.179. The Balaban J connectivity index is 1.47. The third-order valence-electron chi connectivity index (χ3n) is 5.00. The van der Waals surface area contributed by atoms with Gasteiger partial charge in [-0.2, -0.15) is 0 Å². The number of rotatable bonds is 3. The number of nitrogens with one attached hydrogen (secondary N) is 1. The minimum absolute atomic E-state index is 0.820. The van der Waals surface area contributed by atoms with Crippen LogP contribution in [0.3, 0.4) is 0 Å². The van der Waals surface area contributed by atoms with Crippen molar-refractivity contribution in [3.05, 3.63) is 0 Å². The highest BCUT2D eigenvalue weighted by molar-refractivity contribution is 4.94. The van der Waals surface area contributed by atoms with Crippen molar-refractivity contribution in [2.45, 2.75) is 63.5 Å². The standard InChI is InChI=1S/C14H26N2/c1-2-6-12(5-1)11-15-13-8-10-16-9-4-3-7-14(13)16/h12-15H,1-11H2. The lowest BCUT2D eigenvalue weighted by Gasteiger charge is -2.33. The van der Waals surface area contributed by atoms with Gasteiger partial charge in [-0.05, 0) is 51.1 Å². The maximum atomic E-state index is 3.88. The number of hydrogen-bond acceptors (Lipinski definition) is 2. The molecule has 3 aliphatic rings. The van der Waals surface area contributed by atoms with Crippen LogP contribution >= 0.6 is 0 Å². The number of fused-ring (bicyclic) bond motifs is 1. The van der Waals surface area contributed by atoms with Crippen LogP contribution in [0.4, 0.5) is 0 Å². The van der Waals surface area contributed by atoms with Gasteiger partial charge in [-0.15, -0.1) is 0 Å². The number of hydrogen-bond donors (Lipinski definition) is 1. The van der Waals surface area contributed by atoms with E-state index in [1.165, 1.54) is 71.0 Å². The van der Waals surface area contributed by atoms with Crippen molar-refractivity contribution in [2.24, 2.45) is 5.92 Å². The molecule has 2 atom stereocenters. The van der Waals surface area contributed by atoms with E-state index in [-0.39, 0.29) is 0 Å². The lowest BCUT2D eigenvalue weighted by atomic mass is 9.98. The van der Waals surface area contributed by atoms with E-state index in [1.54, 1.807) is 0 Å². The molecule has 2 aliphatic heterocycles. The van der Waals surface area contributed by atoms with Gasteiger partial charge in [0.1, 0.15) is 0 Å². The van der Waals surface area contributed by atoms with Gasteiger partial charge in [-0.1, -0.05) is 19.3 Å². The van der Waals surface area contributed by atoms with Crippen LogP contribution in [0, 0.1) is 5.92 Å². The second-order valence-corrected chi connectivity index (χ2v) is 6.05. The van der Waals surface area contributed by atoms with Crippen LogP contribution in [0.5, 0.6) is 0 Å². The van der Waals surface area contributed by atoms with Crippen LogP contribution in [0.15, 0.2) is 0 Å². The van der Waals surface area contributed by atoms with Gasteiger partial charge < -0.3 is 5.32 Å². The van der Waals surface area contributed by atoms with Gasteiger partial charge in [0.2, 0.25) is 0 Å². The highest BCUT2D eigenvalue weighted by Crippen LogP contribution is 2.28. The normalized spacial score (nSPS) is 36.8. The second-order valence-electron chi connectivity index (χ2n) is 6.05. The Kier molecular flexibility index (Phi) is 3.49. The van der Waals surface area contributed by atoms with E-state index in [0.717, 1.165) is 18.0 Å². The molecule has 2 heteroatoms. The second kappa shape index (κ2) is 5.05. The summed E-state index contributed by atoms with van der Waals surface area (Å²) in [7, 11) is 0. The first-order valence-electron chi connectivity index (χ1n) is 7.41. The van der Waals surface area contributed by atoms with Crippen molar-refractivity contribution in [1.29, 1.82) is 0 Å². The number of nitrogens with zero attached hydrogens (tertiary/aromatic N) is 1. The molecule has 1 N–H and O–H groups in total. The Labute approximate surface area is 99.8 Å². The zero-order valence-corrected chi connectivity index (χ0v) is 10.5. The first kappa shape index (κ1) is 11.0. The van der Waals surface area contributed by atoms with Crippen molar-refractivity contribution in [1.82, 2.24) is 10.2 Å². The molecule has 0 radical (unpaired) electrons. The average molecular weight is 222 g/mol. The smallest absolute Gasteiger partial charge is 0.0249 e. The van der Waals surface area contributed by atoms with Gasteiger partial charge in [0.25, 0.3) is 0 Å². The van der Waals surface area contributed by atoms with Gasteiger partial charge in [-0.25, -0.2) is 0 Å². The average Bonchev–Trinajstić information content (AvgIpc) is 2.96. The van der Waals surface area contributed by atoms with Crippen LogP contribution < -0.4 is 5.32 Å². The summed E-state index contributed by atoms with van der Waals surface area (Å²) in [6.45, 7) is 4.02. The summed E-state index contributed by atoms with van der Waals surface area (Å²) in [6, 6.07) is 1.70. The summed E-state index contributed by atoms with van der Waals surface area (Å²) < 4.78 is 0. The molecule has 0 aromatic rings. The largest absolute Gasteiger partial charge is 0.312 e. The van der Waals surface area contributed by atoms with E-state index < -0.39 is 0 Å². The Morgan fingerprint density at radius 3 is 2.56 bits per heavy atom. The molecule has 1 aliphatic carbocycles. The van der Waals surface area contributed by atoms with Crippen LogP contribution in [0.25, 0.3) is 0 Å². The van der Waals surface area contributed by atoms with E-state index >= 15 is 0 Å². The van der Waals surface area contributed by atoms with Crippen molar-refractivity contribution in [3.8, 4) is 0 Å². The van der Waals surface area contributed by atoms with Crippen molar-refractivity contribution in [2.75, 3.05) is 19.6 Å². The molecular weight excluding hydrogens is 196 g/mol. The summed E-state index contributed by atoms with van der Waals surface area (Å²) in [5, 5.41) is 3.88. The Morgan fingerprint density at radius 1 is 0.875 bits per heavy atom. The predicted molar refractivity (Wildman–Crippen MR) is 67.6 cm³/mol. The van der Waals surface area contributed by atoms with Crippen LogP contribution in [0.1, 0.15) is 51.4 Å². The summed E-state index contributed by atoms with van der Waals surface area (Å²) in [5.74, 6) is 0.998. The quantitative estimate of drug-likeness (QED) is 0.789. The van der Waals surface area contributed by atoms with E-state index in [0.29, 0.717) is 0 Å². The SMILES string of the molecule is C1CCC(CNC2CCN3CCCCC23)C1. The van der Waals surface area contributed by atoms with Crippen molar-refractivity contribution in [3.63, 3.8) is 0 Å². The van der Waals surface area contributed by atoms with Crippen LogP contribution in [-0.2, 0) is 0 Å². The van der Waals surface area contributed by atoms with Crippen LogP contribution in [0.2, 0.25) is 0 Å². The predicted octanol–water partition coefficient (Wildman–Crippen LogP) is 2.39. The molecule has 0 amide bonds. The zero-order chi connectivity index (χ0) is 10.8. The van der Waals surface area contributed by atoms with Gasteiger partial charge in [-0.3, -0.25) is 4.90 Å². The molecule has 0 bridgehead atoms. The molecule has 0 aromatic heterocycles. The topological polar surface area (TPSA) is 15.3 Å². The van der Waals surface area contributed by atoms with Gasteiger partial charge in [0.15, 0.2) is 0 Å². The van der Waals surface area contributed by atoms with Gasteiger partial charge in [0, 0.05) is 18.6 Å². The lowest BCUT2D eigenvalue weighted by Crippen LogP contribution is -2.45. The number of piperidine rings is 1. The van der Waals surface area contributed by atoms with E-state index in [1.807, 2.05) is 0 Å². The fourth-order valence-corrected chi connectivity index (χ4v) is 4.02. The molecule has 92 valence electrons. The molecule has 2 nitrogen and oxygen atoms in total. The molecule has 0 spiro atoms. The highest BCUT2D eigenvalue weighted by atomic mass is 15.2. The summed E-state index contributed by atoms with van der Waals surface area (Å²) in [6.07, 6.45) is 11.7. The summed E-state index contributed by atoms with van der Waals surface area (Å²) in [5.41, 5.74) is 0. The first-order valence-corrected chi connectivity index (χ1v) is 7.41. The first-order chi connectivity index (χ1) is 7.93.